The highest BCUT2D eigenvalue weighted by Gasteiger charge is 2.24. The summed E-state index contributed by atoms with van der Waals surface area (Å²) < 4.78 is 11.4. The topological polar surface area (TPSA) is 48.3 Å². The van der Waals surface area contributed by atoms with Crippen molar-refractivity contribution in [2.75, 3.05) is 0 Å². The molecule has 0 aliphatic heterocycles. The van der Waals surface area contributed by atoms with Crippen LogP contribution in [0.3, 0.4) is 0 Å². The molecule has 5 heteroatoms. The minimum absolute atomic E-state index is 0.642. The quantitative estimate of drug-likeness (QED) is 0.178. The summed E-state index contributed by atoms with van der Waals surface area (Å²) in [4.78, 5) is 10.7. The summed E-state index contributed by atoms with van der Waals surface area (Å²) in [6.45, 7) is 0. The third-order valence-corrected chi connectivity index (χ3v) is 13.8. The zero-order chi connectivity index (χ0) is 42.3. The first-order valence-corrected chi connectivity index (χ1v) is 22.2. The number of benzene rings is 10. The van der Waals surface area contributed by atoms with E-state index in [0.717, 1.165) is 88.0 Å². The monoisotopic (exact) mass is 826 g/mol. The molecule has 0 fully saturated rings. The van der Waals surface area contributed by atoms with Gasteiger partial charge in [0.2, 0.25) is 5.95 Å². The highest BCUT2D eigenvalue weighted by Crippen LogP contribution is 2.46. The summed E-state index contributed by atoms with van der Waals surface area (Å²) in [6.07, 6.45) is 0. The van der Waals surface area contributed by atoms with Crippen molar-refractivity contribution in [3.63, 3.8) is 0 Å². The predicted octanol–water partition coefficient (Wildman–Crippen LogP) is 15.9. The van der Waals surface area contributed by atoms with Crippen molar-refractivity contribution in [2.24, 2.45) is 0 Å². The van der Waals surface area contributed by atoms with Crippen LogP contribution in [0.25, 0.3) is 143 Å². The second-order valence-electron chi connectivity index (χ2n) is 17.3. The normalized spacial score (nSPS) is 12.3. The molecule has 0 N–H and O–H groups in total. The highest BCUT2D eigenvalue weighted by atomic mass is 16.3. The van der Waals surface area contributed by atoms with E-state index in [4.69, 9.17) is 14.4 Å². The van der Waals surface area contributed by atoms with E-state index in [1.165, 1.54) is 49.0 Å². The minimum atomic E-state index is 0.642. The van der Waals surface area contributed by atoms with E-state index in [1.54, 1.807) is 0 Å². The second-order valence-corrected chi connectivity index (χ2v) is 17.3. The Morgan fingerprint density at radius 3 is 1.80 bits per heavy atom. The number of rotatable bonds is 4. The Morgan fingerprint density at radius 2 is 1.00 bits per heavy atom. The lowest BCUT2D eigenvalue weighted by atomic mass is 9.94. The number of nitrogens with zero attached hydrogens (tertiary/aromatic N) is 4. The Hall–Kier alpha value is -8.80. The van der Waals surface area contributed by atoms with E-state index in [9.17, 15) is 0 Å². The molecular weight excluding hydrogens is 793 g/mol. The molecule has 0 aliphatic rings. The summed E-state index contributed by atoms with van der Waals surface area (Å²) in [5.41, 5.74) is 15.1. The highest BCUT2D eigenvalue weighted by molar-refractivity contribution is 6.26. The van der Waals surface area contributed by atoms with Gasteiger partial charge in [0.15, 0.2) is 0 Å². The largest absolute Gasteiger partial charge is 0.456 e. The van der Waals surface area contributed by atoms with Crippen LogP contribution in [0, 0.1) is 0 Å². The van der Waals surface area contributed by atoms with Crippen molar-refractivity contribution in [1.29, 1.82) is 0 Å². The van der Waals surface area contributed by atoms with Crippen LogP contribution >= 0.6 is 0 Å². The average molecular weight is 827 g/mol. The molecule has 5 aromatic heterocycles. The number of hydrogen-bond donors (Lipinski definition) is 0. The van der Waals surface area contributed by atoms with E-state index in [0.29, 0.717) is 5.95 Å². The van der Waals surface area contributed by atoms with Crippen molar-refractivity contribution in [1.82, 2.24) is 18.9 Å². The molecule has 0 saturated heterocycles. The minimum Gasteiger partial charge on any atom is -0.456 e. The van der Waals surface area contributed by atoms with Crippen molar-refractivity contribution in [2.45, 2.75) is 0 Å². The first-order chi connectivity index (χ1) is 32.2. The molecule has 0 atom stereocenters. The van der Waals surface area contributed by atoms with Gasteiger partial charge < -0.3 is 8.82 Å². The molecule has 5 nitrogen and oxygen atoms in total. The third kappa shape index (κ3) is 4.76. The summed E-state index contributed by atoms with van der Waals surface area (Å²) in [5, 5.41) is 12.9. The van der Waals surface area contributed by atoms with E-state index in [1.807, 2.05) is 6.07 Å². The molecule has 0 spiro atoms. The maximum Gasteiger partial charge on any atom is 0.235 e. The van der Waals surface area contributed by atoms with Gasteiger partial charge in [-0.15, -0.1) is 0 Å². The summed E-state index contributed by atoms with van der Waals surface area (Å²) in [7, 11) is 0. The van der Waals surface area contributed by atoms with Crippen LogP contribution in [0.15, 0.2) is 211 Å². The van der Waals surface area contributed by atoms with Crippen molar-refractivity contribution < 1.29 is 4.42 Å². The van der Waals surface area contributed by atoms with Gasteiger partial charge in [0.25, 0.3) is 0 Å². The zero-order valence-corrected chi connectivity index (χ0v) is 34.8. The standard InChI is InChI=1S/C60H34N4O/c1-2-15-36(16-3-1)57-44-20-6-9-23-49(44)61-60(62-57)64-52-26-12-21-39(55(52)45-30-28-35-14-4-5-17-41(35)58(45)64)37-29-31-53-48(32-37)56-40(22-13-27-54(56)65-53)38-33-46-42-18-7-10-24-50(42)63-51-25-11-8-19-43(51)47(34-38)59(46)63/h1-34H. The van der Waals surface area contributed by atoms with Gasteiger partial charge >= 0.3 is 0 Å². The Bertz CT molecular complexity index is 4390. The lowest BCUT2D eigenvalue weighted by molar-refractivity contribution is 0.669. The average Bonchev–Trinajstić information content (AvgIpc) is 4.12. The second kappa shape index (κ2) is 12.9. The molecule has 0 aliphatic carbocycles. The van der Waals surface area contributed by atoms with Crippen molar-refractivity contribution in [3.8, 4) is 39.5 Å². The number of fused-ring (bicyclic) bond motifs is 15. The predicted molar refractivity (Wildman–Crippen MR) is 270 cm³/mol. The smallest absolute Gasteiger partial charge is 0.235 e. The Morgan fingerprint density at radius 1 is 0.354 bits per heavy atom. The number of furan rings is 1. The molecule has 15 rings (SSSR count). The van der Waals surface area contributed by atoms with Crippen LogP contribution in [0.4, 0.5) is 0 Å². The van der Waals surface area contributed by atoms with Gasteiger partial charge in [0, 0.05) is 59.4 Å². The molecule has 0 radical (unpaired) electrons. The fourth-order valence-corrected chi connectivity index (χ4v) is 11.1. The molecule has 300 valence electrons. The molecule has 0 unspecified atom stereocenters. The van der Waals surface area contributed by atoms with Gasteiger partial charge in [-0.05, 0) is 82.2 Å². The molecular formula is C60H34N4O. The van der Waals surface area contributed by atoms with Crippen LogP contribution in [0.2, 0.25) is 0 Å². The summed E-state index contributed by atoms with van der Waals surface area (Å²) in [5.74, 6) is 0.642. The molecule has 0 amide bonds. The van der Waals surface area contributed by atoms with Gasteiger partial charge in [0.1, 0.15) is 11.2 Å². The van der Waals surface area contributed by atoms with Crippen LogP contribution in [0.5, 0.6) is 0 Å². The van der Waals surface area contributed by atoms with Gasteiger partial charge in [-0.1, -0.05) is 152 Å². The van der Waals surface area contributed by atoms with Gasteiger partial charge in [-0.3, -0.25) is 4.57 Å². The summed E-state index contributed by atoms with van der Waals surface area (Å²) in [6, 6.07) is 74.1. The molecule has 0 saturated carbocycles. The number of hydrogen-bond acceptors (Lipinski definition) is 3. The molecule has 10 aromatic carbocycles. The third-order valence-electron chi connectivity index (χ3n) is 13.8. The Labute approximate surface area is 371 Å². The lowest BCUT2D eigenvalue weighted by Crippen LogP contribution is -2.03. The molecule has 5 heterocycles. The first-order valence-electron chi connectivity index (χ1n) is 22.2. The van der Waals surface area contributed by atoms with Crippen molar-refractivity contribution >= 4 is 104 Å². The Balaban J connectivity index is 0.993. The summed E-state index contributed by atoms with van der Waals surface area (Å²) >= 11 is 0. The lowest BCUT2D eigenvalue weighted by Gasteiger charge is -2.12. The molecule has 65 heavy (non-hydrogen) atoms. The fourth-order valence-electron chi connectivity index (χ4n) is 11.1. The van der Waals surface area contributed by atoms with Crippen LogP contribution in [-0.4, -0.2) is 18.9 Å². The van der Waals surface area contributed by atoms with Gasteiger partial charge in [0.05, 0.1) is 38.8 Å². The zero-order valence-electron chi connectivity index (χ0n) is 34.8. The number of para-hydroxylation sites is 3. The van der Waals surface area contributed by atoms with Gasteiger partial charge in [-0.2, -0.15) is 0 Å². The van der Waals surface area contributed by atoms with E-state index in [2.05, 4.69) is 209 Å². The first kappa shape index (κ1) is 34.7. The maximum atomic E-state index is 6.70. The SMILES string of the molecule is c1ccc(-c2nc(-n3c4cccc(-c5ccc6oc7cccc(-c8cc9c%10ccccc%10n%10c%11ccccc%11c(c8)c9%10)c7c6c5)c4c4ccc5ccccc5c43)nc3ccccc23)cc1. The molecule has 15 aromatic rings. The Kier molecular flexibility index (Phi) is 6.89. The fraction of sp³-hybridized carbons (Fsp3) is 0. The van der Waals surface area contributed by atoms with Crippen molar-refractivity contribution in [3.05, 3.63) is 206 Å². The van der Waals surface area contributed by atoms with E-state index >= 15 is 0 Å². The van der Waals surface area contributed by atoms with Gasteiger partial charge in [-0.25, -0.2) is 9.97 Å². The van der Waals surface area contributed by atoms with Crippen LogP contribution in [0.1, 0.15) is 0 Å². The van der Waals surface area contributed by atoms with E-state index in [-0.39, 0.29) is 0 Å². The molecule has 0 bridgehead atoms. The van der Waals surface area contributed by atoms with E-state index < -0.39 is 0 Å². The number of aromatic nitrogens is 4. The van der Waals surface area contributed by atoms with Crippen LogP contribution in [-0.2, 0) is 0 Å². The van der Waals surface area contributed by atoms with Crippen LogP contribution < -0.4 is 0 Å². The maximum absolute atomic E-state index is 6.70.